The molecule has 0 aromatic heterocycles. The van der Waals surface area contributed by atoms with Gasteiger partial charge in [0.05, 0.1) is 5.54 Å². The van der Waals surface area contributed by atoms with Crippen molar-refractivity contribution in [2.45, 2.75) is 52.7 Å². The first-order valence-electron chi connectivity index (χ1n) is 5.22. The Morgan fingerprint density at radius 3 is 2.12 bits per heavy atom. The minimum absolute atomic E-state index is 0.464. The topological polar surface area (TPSA) is 38.3 Å². The highest BCUT2D eigenvalue weighted by Crippen LogP contribution is 2.09. The zero-order valence-corrected chi connectivity index (χ0v) is 11.0. The first-order valence-corrected chi connectivity index (χ1v) is 5.22. The molecule has 0 unspecified atom stereocenters. The van der Waals surface area contributed by atoms with E-state index in [4.69, 9.17) is 4.74 Å². The summed E-state index contributed by atoms with van der Waals surface area (Å²) in [6.45, 7) is 14.6. The normalized spacial score (nSPS) is 11.1. The van der Waals surface area contributed by atoms with Crippen LogP contribution in [-0.2, 0) is 4.74 Å². The van der Waals surface area contributed by atoms with Crippen molar-refractivity contribution in [3.63, 3.8) is 0 Å². The lowest BCUT2D eigenvalue weighted by Gasteiger charge is -2.24. The minimum Gasteiger partial charge on any atom is -0.444 e. The van der Waals surface area contributed by atoms with Gasteiger partial charge in [-0.3, -0.25) is 0 Å². The molecule has 16 heavy (non-hydrogen) atoms. The molecule has 1 N–H and O–H groups in total. The van der Waals surface area contributed by atoms with Crippen molar-refractivity contribution in [2.75, 3.05) is 0 Å². The first kappa shape index (κ1) is 14.6. The Labute approximate surface area is 98.3 Å². The molecule has 0 saturated heterocycles. The highest BCUT2D eigenvalue weighted by Gasteiger charge is 2.22. The standard InChI is InChI=1S/C13H21NO2/c1-10(2)8-9-13(6,7)14-11(15)16-12(3,4)5/h1H2,2-7H3,(H,14,15). The number of nitrogens with one attached hydrogen (secondary N) is 1. The molecule has 0 atom stereocenters. The number of amides is 1. The fraction of sp³-hybridized carbons (Fsp3) is 0.615. The highest BCUT2D eigenvalue weighted by atomic mass is 16.6. The average Bonchev–Trinajstić information content (AvgIpc) is 1.95. The molecular formula is C13H21NO2. The molecule has 3 heteroatoms. The van der Waals surface area contributed by atoms with Crippen molar-refractivity contribution in [1.29, 1.82) is 0 Å². The molecular weight excluding hydrogens is 202 g/mol. The SMILES string of the molecule is C=C(C)C#CC(C)(C)NC(=O)OC(C)(C)C. The summed E-state index contributed by atoms with van der Waals surface area (Å²) in [6, 6.07) is 0. The highest BCUT2D eigenvalue weighted by molar-refractivity contribution is 5.69. The van der Waals surface area contributed by atoms with Crippen molar-refractivity contribution in [2.24, 2.45) is 0 Å². The van der Waals surface area contributed by atoms with Crippen LogP contribution in [0, 0.1) is 11.8 Å². The third-order valence-electron chi connectivity index (χ3n) is 1.40. The van der Waals surface area contributed by atoms with Gasteiger partial charge in [-0.2, -0.15) is 0 Å². The molecule has 0 bridgehead atoms. The van der Waals surface area contributed by atoms with E-state index >= 15 is 0 Å². The average molecular weight is 223 g/mol. The van der Waals surface area contributed by atoms with E-state index in [1.807, 2.05) is 41.5 Å². The van der Waals surface area contributed by atoms with Crippen LogP contribution in [0.3, 0.4) is 0 Å². The number of hydrogen-bond acceptors (Lipinski definition) is 2. The summed E-state index contributed by atoms with van der Waals surface area (Å²) in [5.74, 6) is 5.75. The van der Waals surface area contributed by atoms with Crippen LogP contribution in [0.25, 0.3) is 0 Å². The van der Waals surface area contributed by atoms with Gasteiger partial charge in [-0.25, -0.2) is 4.79 Å². The predicted molar refractivity (Wildman–Crippen MR) is 66.0 cm³/mol. The molecule has 0 aliphatic heterocycles. The second-order valence-electron chi connectivity index (χ2n) is 5.28. The van der Waals surface area contributed by atoms with Crippen LogP contribution >= 0.6 is 0 Å². The minimum atomic E-state index is -0.624. The van der Waals surface area contributed by atoms with Gasteiger partial charge >= 0.3 is 6.09 Å². The lowest BCUT2D eigenvalue weighted by atomic mass is 10.1. The number of ether oxygens (including phenoxy) is 1. The van der Waals surface area contributed by atoms with Crippen LogP contribution in [0.1, 0.15) is 41.5 Å². The van der Waals surface area contributed by atoms with Gasteiger partial charge < -0.3 is 10.1 Å². The second kappa shape index (κ2) is 5.07. The molecule has 90 valence electrons. The number of hydrogen-bond donors (Lipinski definition) is 1. The fourth-order valence-corrected chi connectivity index (χ4v) is 0.853. The van der Waals surface area contributed by atoms with Gasteiger partial charge in [-0.05, 0) is 47.1 Å². The van der Waals surface area contributed by atoms with Crippen LogP contribution in [-0.4, -0.2) is 17.2 Å². The van der Waals surface area contributed by atoms with Crippen LogP contribution in [0.4, 0.5) is 4.79 Å². The zero-order valence-electron chi connectivity index (χ0n) is 11.0. The van der Waals surface area contributed by atoms with E-state index in [1.165, 1.54) is 0 Å². The third kappa shape index (κ3) is 7.93. The summed E-state index contributed by atoms with van der Waals surface area (Å²) in [4.78, 5) is 11.5. The molecule has 0 radical (unpaired) electrons. The fourth-order valence-electron chi connectivity index (χ4n) is 0.853. The van der Waals surface area contributed by atoms with Gasteiger partial charge in [-0.15, -0.1) is 0 Å². The maximum Gasteiger partial charge on any atom is 0.408 e. The van der Waals surface area contributed by atoms with Gasteiger partial charge in [0.1, 0.15) is 5.60 Å². The number of carbonyl (C=O) groups excluding carboxylic acids is 1. The van der Waals surface area contributed by atoms with E-state index in [2.05, 4.69) is 23.7 Å². The van der Waals surface area contributed by atoms with Crippen LogP contribution in [0.2, 0.25) is 0 Å². The maximum absolute atomic E-state index is 11.5. The summed E-state index contributed by atoms with van der Waals surface area (Å²) < 4.78 is 5.14. The Balaban J connectivity index is 4.45. The molecule has 0 aliphatic rings. The van der Waals surface area contributed by atoms with Gasteiger partial charge in [0.15, 0.2) is 0 Å². The molecule has 0 fully saturated rings. The van der Waals surface area contributed by atoms with Crippen molar-refractivity contribution < 1.29 is 9.53 Å². The molecule has 0 aromatic rings. The van der Waals surface area contributed by atoms with E-state index in [-0.39, 0.29) is 0 Å². The Bertz CT molecular complexity index is 337. The molecule has 0 rings (SSSR count). The molecule has 3 nitrogen and oxygen atoms in total. The van der Waals surface area contributed by atoms with E-state index in [9.17, 15) is 4.79 Å². The van der Waals surface area contributed by atoms with Crippen molar-refractivity contribution in [3.05, 3.63) is 12.2 Å². The Hall–Kier alpha value is -1.43. The van der Waals surface area contributed by atoms with Crippen LogP contribution in [0.15, 0.2) is 12.2 Å². The van der Waals surface area contributed by atoms with Crippen LogP contribution in [0.5, 0.6) is 0 Å². The number of alkyl carbamates (subject to hydrolysis) is 1. The monoisotopic (exact) mass is 223 g/mol. The molecule has 0 aromatic carbocycles. The van der Waals surface area contributed by atoms with Crippen molar-refractivity contribution in [1.82, 2.24) is 5.32 Å². The lowest BCUT2D eigenvalue weighted by Crippen LogP contribution is -2.44. The van der Waals surface area contributed by atoms with Crippen molar-refractivity contribution >= 4 is 6.09 Å². The van der Waals surface area contributed by atoms with E-state index < -0.39 is 17.2 Å². The lowest BCUT2D eigenvalue weighted by molar-refractivity contribution is 0.0494. The number of carbonyl (C=O) groups is 1. The largest absolute Gasteiger partial charge is 0.444 e. The molecule has 0 aliphatic carbocycles. The summed E-state index contributed by atoms with van der Waals surface area (Å²) in [5.41, 5.74) is -0.359. The third-order valence-corrected chi connectivity index (χ3v) is 1.40. The predicted octanol–water partition coefficient (Wildman–Crippen LogP) is 2.87. The quantitative estimate of drug-likeness (QED) is 0.694. The number of rotatable bonds is 1. The molecule has 1 amide bonds. The maximum atomic E-state index is 11.5. The van der Waals surface area contributed by atoms with Gasteiger partial charge in [0, 0.05) is 0 Å². The Morgan fingerprint density at radius 2 is 1.75 bits per heavy atom. The van der Waals surface area contributed by atoms with Crippen LogP contribution < -0.4 is 5.32 Å². The van der Waals surface area contributed by atoms with E-state index in [0.29, 0.717) is 0 Å². The summed E-state index contributed by atoms with van der Waals surface area (Å²) >= 11 is 0. The summed E-state index contributed by atoms with van der Waals surface area (Å²) in [5, 5.41) is 2.69. The molecule has 0 spiro atoms. The van der Waals surface area contributed by atoms with Gasteiger partial charge in [-0.1, -0.05) is 18.4 Å². The van der Waals surface area contributed by atoms with Gasteiger partial charge in [0.2, 0.25) is 0 Å². The van der Waals surface area contributed by atoms with Gasteiger partial charge in [0.25, 0.3) is 0 Å². The van der Waals surface area contributed by atoms with E-state index in [1.54, 1.807) is 0 Å². The number of allylic oxidation sites excluding steroid dienone is 1. The first-order chi connectivity index (χ1) is 7.02. The smallest absolute Gasteiger partial charge is 0.408 e. The Morgan fingerprint density at radius 1 is 1.25 bits per heavy atom. The second-order valence-corrected chi connectivity index (χ2v) is 5.28. The molecule has 0 heterocycles. The zero-order chi connectivity index (χ0) is 13.0. The van der Waals surface area contributed by atoms with Crippen molar-refractivity contribution in [3.8, 4) is 11.8 Å². The Kier molecular flexibility index (Phi) is 4.61. The summed E-state index contributed by atoms with van der Waals surface area (Å²) in [6.07, 6.45) is -0.464. The van der Waals surface area contributed by atoms with E-state index in [0.717, 1.165) is 5.57 Å². The summed E-state index contributed by atoms with van der Waals surface area (Å²) in [7, 11) is 0. The molecule has 0 saturated carbocycles.